The number of para-hydroxylation sites is 1. The van der Waals surface area contributed by atoms with Gasteiger partial charge in [-0.25, -0.2) is 13.8 Å². The smallest absolute Gasteiger partial charge is 0.141 e. The summed E-state index contributed by atoms with van der Waals surface area (Å²) in [5.74, 6) is -0.631. The van der Waals surface area contributed by atoms with E-state index in [4.69, 9.17) is 0 Å². The number of nitrogens with zero attached hydrogens (tertiary/aromatic N) is 1. The molecular formula is C14H10F2N2. The minimum atomic E-state index is -0.492. The Kier molecular flexibility index (Phi) is 2.37. The van der Waals surface area contributed by atoms with Gasteiger partial charge in [-0.1, -0.05) is 12.1 Å². The van der Waals surface area contributed by atoms with E-state index in [1.807, 2.05) is 25.1 Å². The summed E-state index contributed by atoms with van der Waals surface area (Å²) in [5.41, 5.74) is 2.72. The molecule has 0 aliphatic rings. The minimum absolute atomic E-state index is 0.144. The summed E-state index contributed by atoms with van der Waals surface area (Å²) in [4.78, 5) is 7.33. The number of nitrogens with one attached hydrogen (secondary N) is 1. The van der Waals surface area contributed by atoms with Crippen LogP contribution in [0.4, 0.5) is 8.78 Å². The van der Waals surface area contributed by atoms with Crippen LogP contribution in [0.1, 0.15) is 5.56 Å². The maximum Gasteiger partial charge on any atom is 0.141 e. The molecule has 0 aliphatic heterocycles. The SMILES string of the molecule is Cc1cccc2[nH]c(-c3cc(F)ccc3F)nc12. The van der Waals surface area contributed by atoms with Gasteiger partial charge in [0.25, 0.3) is 0 Å². The highest BCUT2D eigenvalue weighted by molar-refractivity contribution is 5.82. The zero-order valence-corrected chi connectivity index (χ0v) is 9.67. The normalized spacial score (nSPS) is 11.1. The maximum absolute atomic E-state index is 13.7. The first-order chi connectivity index (χ1) is 8.65. The zero-order valence-electron chi connectivity index (χ0n) is 9.67. The number of H-pyrrole nitrogens is 1. The van der Waals surface area contributed by atoms with Crippen LogP contribution in [0.2, 0.25) is 0 Å². The predicted molar refractivity (Wildman–Crippen MR) is 66.2 cm³/mol. The lowest BCUT2D eigenvalue weighted by atomic mass is 10.2. The fourth-order valence-corrected chi connectivity index (χ4v) is 1.98. The van der Waals surface area contributed by atoms with E-state index in [2.05, 4.69) is 9.97 Å². The van der Waals surface area contributed by atoms with Crippen molar-refractivity contribution in [3.63, 3.8) is 0 Å². The molecule has 90 valence electrons. The van der Waals surface area contributed by atoms with Crippen molar-refractivity contribution >= 4 is 11.0 Å². The molecule has 0 spiro atoms. The molecule has 1 aromatic heterocycles. The first-order valence-corrected chi connectivity index (χ1v) is 5.56. The molecule has 0 bridgehead atoms. The van der Waals surface area contributed by atoms with Crippen LogP contribution in [0.15, 0.2) is 36.4 Å². The summed E-state index contributed by atoms with van der Waals surface area (Å²) in [7, 11) is 0. The summed E-state index contributed by atoms with van der Waals surface area (Å²) in [6, 6.07) is 9.01. The average Bonchev–Trinajstić information content (AvgIpc) is 2.77. The Morgan fingerprint density at radius 2 is 1.94 bits per heavy atom. The van der Waals surface area contributed by atoms with Crippen molar-refractivity contribution in [2.45, 2.75) is 6.92 Å². The maximum atomic E-state index is 13.7. The first-order valence-electron chi connectivity index (χ1n) is 5.56. The van der Waals surface area contributed by atoms with Crippen LogP contribution in [0.3, 0.4) is 0 Å². The third-order valence-corrected chi connectivity index (χ3v) is 2.90. The van der Waals surface area contributed by atoms with E-state index in [0.717, 1.165) is 34.8 Å². The molecule has 2 aromatic carbocycles. The van der Waals surface area contributed by atoms with Gasteiger partial charge < -0.3 is 4.98 Å². The predicted octanol–water partition coefficient (Wildman–Crippen LogP) is 3.82. The number of hydrogen-bond donors (Lipinski definition) is 1. The molecule has 0 fully saturated rings. The van der Waals surface area contributed by atoms with Crippen molar-refractivity contribution < 1.29 is 8.78 Å². The molecule has 1 N–H and O–H groups in total. The van der Waals surface area contributed by atoms with Gasteiger partial charge in [0, 0.05) is 0 Å². The van der Waals surface area contributed by atoms with Gasteiger partial charge in [0.1, 0.15) is 17.5 Å². The Balaban J connectivity index is 2.26. The van der Waals surface area contributed by atoms with Gasteiger partial charge in [0.2, 0.25) is 0 Å². The van der Waals surface area contributed by atoms with Crippen LogP contribution < -0.4 is 0 Å². The van der Waals surface area contributed by atoms with E-state index in [9.17, 15) is 8.78 Å². The van der Waals surface area contributed by atoms with Crippen LogP contribution in [0.25, 0.3) is 22.4 Å². The van der Waals surface area contributed by atoms with Gasteiger partial charge in [-0.15, -0.1) is 0 Å². The van der Waals surface area contributed by atoms with E-state index in [1.54, 1.807) is 0 Å². The standard InChI is InChI=1S/C14H10F2N2/c1-8-3-2-4-12-13(8)18-14(17-12)10-7-9(15)5-6-11(10)16/h2-7H,1H3,(H,17,18). The number of aromatic nitrogens is 2. The second-order valence-corrected chi connectivity index (χ2v) is 4.18. The molecule has 1 heterocycles. The van der Waals surface area contributed by atoms with E-state index in [-0.39, 0.29) is 5.56 Å². The average molecular weight is 244 g/mol. The van der Waals surface area contributed by atoms with Crippen molar-refractivity contribution in [3.05, 3.63) is 53.6 Å². The molecule has 0 aliphatic carbocycles. The number of aryl methyl sites for hydroxylation is 1. The third kappa shape index (κ3) is 1.66. The number of imidazole rings is 1. The van der Waals surface area contributed by atoms with Crippen LogP contribution in [-0.4, -0.2) is 9.97 Å². The second-order valence-electron chi connectivity index (χ2n) is 4.18. The molecule has 3 rings (SSSR count). The number of halogens is 2. The van der Waals surface area contributed by atoms with Crippen LogP contribution in [0.5, 0.6) is 0 Å². The Bertz CT molecular complexity index is 732. The molecule has 3 aromatic rings. The summed E-state index contributed by atoms with van der Waals surface area (Å²) in [6.07, 6.45) is 0. The second kappa shape index (κ2) is 3.91. The molecule has 0 saturated carbocycles. The molecule has 2 nitrogen and oxygen atoms in total. The fraction of sp³-hybridized carbons (Fsp3) is 0.0714. The molecule has 0 unspecified atom stereocenters. The van der Waals surface area contributed by atoms with Gasteiger partial charge in [0.05, 0.1) is 16.6 Å². The van der Waals surface area contributed by atoms with Crippen LogP contribution in [0, 0.1) is 18.6 Å². The topological polar surface area (TPSA) is 28.7 Å². The lowest BCUT2D eigenvalue weighted by Gasteiger charge is -1.98. The van der Waals surface area contributed by atoms with E-state index in [1.165, 1.54) is 0 Å². The van der Waals surface area contributed by atoms with E-state index >= 15 is 0 Å². The lowest BCUT2D eigenvalue weighted by molar-refractivity contribution is 0.602. The molecule has 0 atom stereocenters. The molecule has 0 radical (unpaired) electrons. The summed E-state index contributed by atoms with van der Waals surface area (Å²) in [5, 5.41) is 0. The Morgan fingerprint density at radius 3 is 2.72 bits per heavy atom. The molecule has 18 heavy (non-hydrogen) atoms. The van der Waals surface area contributed by atoms with Crippen LogP contribution in [-0.2, 0) is 0 Å². The van der Waals surface area contributed by atoms with Crippen molar-refractivity contribution in [1.29, 1.82) is 0 Å². The van der Waals surface area contributed by atoms with Crippen LogP contribution >= 0.6 is 0 Å². The van der Waals surface area contributed by atoms with Gasteiger partial charge >= 0.3 is 0 Å². The first kappa shape index (κ1) is 10.9. The van der Waals surface area contributed by atoms with Gasteiger partial charge in [0.15, 0.2) is 0 Å². The zero-order chi connectivity index (χ0) is 12.7. The number of hydrogen-bond acceptors (Lipinski definition) is 1. The summed E-state index contributed by atoms with van der Waals surface area (Å²) < 4.78 is 26.8. The number of fused-ring (bicyclic) bond motifs is 1. The monoisotopic (exact) mass is 244 g/mol. The Hall–Kier alpha value is -2.23. The Labute approximate surface area is 102 Å². The molecular weight excluding hydrogens is 234 g/mol. The minimum Gasteiger partial charge on any atom is -0.338 e. The molecule has 4 heteroatoms. The van der Waals surface area contributed by atoms with Crippen molar-refractivity contribution in [3.8, 4) is 11.4 Å². The highest BCUT2D eigenvalue weighted by Gasteiger charge is 2.11. The van der Waals surface area contributed by atoms with Gasteiger partial charge in [-0.3, -0.25) is 0 Å². The quantitative estimate of drug-likeness (QED) is 0.692. The number of benzene rings is 2. The Morgan fingerprint density at radius 1 is 1.11 bits per heavy atom. The summed E-state index contributed by atoms with van der Waals surface area (Å²) >= 11 is 0. The highest BCUT2D eigenvalue weighted by atomic mass is 19.1. The number of rotatable bonds is 1. The van der Waals surface area contributed by atoms with Crippen molar-refractivity contribution in [2.75, 3.05) is 0 Å². The van der Waals surface area contributed by atoms with Crippen molar-refractivity contribution in [1.82, 2.24) is 9.97 Å². The summed E-state index contributed by atoms with van der Waals surface area (Å²) in [6.45, 7) is 1.93. The fourth-order valence-electron chi connectivity index (χ4n) is 1.98. The van der Waals surface area contributed by atoms with E-state index < -0.39 is 11.6 Å². The third-order valence-electron chi connectivity index (χ3n) is 2.90. The lowest BCUT2D eigenvalue weighted by Crippen LogP contribution is -1.88. The highest BCUT2D eigenvalue weighted by Crippen LogP contribution is 2.25. The molecule has 0 amide bonds. The van der Waals surface area contributed by atoms with E-state index in [0.29, 0.717) is 5.82 Å². The largest absolute Gasteiger partial charge is 0.338 e. The van der Waals surface area contributed by atoms with Gasteiger partial charge in [-0.2, -0.15) is 0 Å². The van der Waals surface area contributed by atoms with Crippen molar-refractivity contribution in [2.24, 2.45) is 0 Å². The number of aromatic amines is 1. The van der Waals surface area contributed by atoms with Gasteiger partial charge in [-0.05, 0) is 36.8 Å². The molecule has 0 saturated heterocycles.